The second-order valence-corrected chi connectivity index (χ2v) is 7.37. The van der Waals surface area contributed by atoms with Crippen LogP contribution in [0, 0.1) is 5.92 Å². The lowest BCUT2D eigenvalue weighted by Crippen LogP contribution is -2.49. The van der Waals surface area contributed by atoms with Gasteiger partial charge in [0.15, 0.2) is 0 Å². The van der Waals surface area contributed by atoms with E-state index in [1.54, 1.807) is 0 Å². The third kappa shape index (κ3) is 6.41. The Morgan fingerprint density at radius 1 is 1.27 bits per heavy atom. The highest BCUT2D eigenvalue weighted by Gasteiger charge is 2.29. The molecule has 0 saturated carbocycles. The summed E-state index contributed by atoms with van der Waals surface area (Å²) in [4.78, 5) is 17.2. The van der Waals surface area contributed by atoms with Crippen LogP contribution < -0.4 is 5.73 Å². The zero-order valence-electron chi connectivity index (χ0n) is 16.5. The maximum Gasteiger partial charge on any atom is 0.254 e. The summed E-state index contributed by atoms with van der Waals surface area (Å²) in [7, 11) is 0. The van der Waals surface area contributed by atoms with E-state index in [0.717, 1.165) is 38.0 Å². The van der Waals surface area contributed by atoms with Gasteiger partial charge in [0.25, 0.3) is 5.91 Å². The predicted molar refractivity (Wildman–Crippen MR) is 114 cm³/mol. The first-order valence-corrected chi connectivity index (χ1v) is 9.30. The number of halogens is 2. The summed E-state index contributed by atoms with van der Waals surface area (Å²) in [5.74, 6) is 0.779. The van der Waals surface area contributed by atoms with Crippen molar-refractivity contribution >= 4 is 30.7 Å². The van der Waals surface area contributed by atoms with Gasteiger partial charge in [-0.3, -0.25) is 9.69 Å². The fourth-order valence-electron chi connectivity index (χ4n) is 3.56. The van der Waals surface area contributed by atoms with Crippen LogP contribution in [0.2, 0.25) is 0 Å². The molecule has 0 aromatic heterocycles. The number of carbonyl (C=O) groups excluding carboxylic acids is 1. The molecule has 6 heteroatoms. The topological polar surface area (TPSA) is 49.6 Å². The van der Waals surface area contributed by atoms with E-state index < -0.39 is 0 Å². The van der Waals surface area contributed by atoms with Crippen LogP contribution in [0.15, 0.2) is 24.3 Å². The van der Waals surface area contributed by atoms with Crippen molar-refractivity contribution in [3.8, 4) is 0 Å². The Bertz CT molecular complexity index is 536. The van der Waals surface area contributed by atoms with E-state index >= 15 is 0 Å². The number of rotatable bonds is 6. The summed E-state index contributed by atoms with van der Waals surface area (Å²) in [5, 5.41) is 0. The predicted octanol–water partition coefficient (Wildman–Crippen LogP) is 3.96. The van der Waals surface area contributed by atoms with Crippen molar-refractivity contribution in [2.45, 2.75) is 59.2 Å². The summed E-state index contributed by atoms with van der Waals surface area (Å²) in [6, 6.07) is 8.81. The first kappa shape index (κ1) is 25.2. The average molecular weight is 404 g/mol. The van der Waals surface area contributed by atoms with Gasteiger partial charge >= 0.3 is 0 Å². The zero-order chi connectivity index (χ0) is 17.7. The second kappa shape index (κ2) is 11.8. The molecule has 26 heavy (non-hydrogen) atoms. The number of hydrogen-bond donors (Lipinski definition) is 1. The van der Waals surface area contributed by atoms with Crippen molar-refractivity contribution in [2.75, 3.05) is 19.6 Å². The van der Waals surface area contributed by atoms with Gasteiger partial charge in [-0.05, 0) is 56.8 Å². The standard InChI is InChI=1S/C20H33N3O.2ClH/c1-5-22(15(2)3)14-17-6-8-18(9-7-17)20(24)23-11-10-16(4)12-19(23)13-21;;/h6-9,15-16,19H,5,10-14,21H2,1-4H3;2*1H. The van der Waals surface area contributed by atoms with Crippen LogP contribution in [0.25, 0.3) is 0 Å². The summed E-state index contributed by atoms with van der Waals surface area (Å²) in [6.07, 6.45) is 2.08. The van der Waals surface area contributed by atoms with E-state index in [-0.39, 0.29) is 36.8 Å². The Hall–Kier alpha value is -0.810. The molecule has 1 amide bonds. The lowest BCUT2D eigenvalue weighted by Gasteiger charge is -2.38. The highest BCUT2D eigenvalue weighted by atomic mass is 35.5. The van der Waals surface area contributed by atoms with Crippen LogP contribution in [-0.2, 0) is 6.54 Å². The van der Waals surface area contributed by atoms with Gasteiger partial charge in [-0.1, -0.05) is 26.0 Å². The normalized spacial score (nSPS) is 19.9. The molecule has 2 atom stereocenters. The van der Waals surface area contributed by atoms with Crippen molar-refractivity contribution in [1.29, 1.82) is 0 Å². The maximum atomic E-state index is 12.8. The molecule has 150 valence electrons. The number of amides is 1. The van der Waals surface area contributed by atoms with E-state index in [2.05, 4.69) is 44.7 Å². The minimum Gasteiger partial charge on any atom is -0.334 e. The molecule has 2 unspecified atom stereocenters. The Morgan fingerprint density at radius 3 is 2.38 bits per heavy atom. The van der Waals surface area contributed by atoms with E-state index in [1.165, 1.54) is 5.56 Å². The van der Waals surface area contributed by atoms with Crippen LogP contribution in [0.5, 0.6) is 0 Å². The van der Waals surface area contributed by atoms with Crippen LogP contribution in [-0.4, -0.2) is 47.4 Å². The van der Waals surface area contributed by atoms with Crippen LogP contribution in [0.3, 0.4) is 0 Å². The Labute approximate surface area is 171 Å². The van der Waals surface area contributed by atoms with Gasteiger partial charge in [-0.15, -0.1) is 24.8 Å². The molecule has 1 heterocycles. The minimum absolute atomic E-state index is 0. The molecule has 0 bridgehead atoms. The minimum atomic E-state index is 0. The molecule has 0 spiro atoms. The smallest absolute Gasteiger partial charge is 0.254 e. The molecule has 2 N–H and O–H groups in total. The Kier molecular flexibility index (Phi) is 11.4. The molecule has 0 radical (unpaired) electrons. The zero-order valence-corrected chi connectivity index (χ0v) is 18.1. The van der Waals surface area contributed by atoms with E-state index in [4.69, 9.17) is 5.73 Å². The van der Waals surface area contributed by atoms with Crippen LogP contribution >= 0.6 is 24.8 Å². The molecule has 1 saturated heterocycles. The van der Waals surface area contributed by atoms with E-state index in [1.807, 2.05) is 17.0 Å². The molecular weight excluding hydrogens is 369 g/mol. The highest BCUT2D eigenvalue weighted by Crippen LogP contribution is 2.24. The van der Waals surface area contributed by atoms with Crippen molar-refractivity contribution in [3.05, 3.63) is 35.4 Å². The van der Waals surface area contributed by atoms with Crippen molar-refractivity contribution in [1.82, 2.24) is 9.80 Å². The van der Waals surface area contributed by atoms with E-state index in [9.17, 15) is 4.79 Å². The number of piperidine rings is 1. The lowest BCUT2D eigenvalue weighted by atomic mass is 9.92. The van der Waals surface area contributed by atoms with Gasteiger partial charge in [0.2, 0.25) is 0 Å². The van der Waals surface area contributed by atoms with Crippen LogP contribution in [0.1, 0.15) is 56.5 Å². The Morgan fingerprint density at radius 2 is 1.88 bits per heavy atom. The van der Waals surface area contributed by atoms with Gasteiger partial charge in [0.05, 0.1) is 0 Å². The number of hydrogen-bond acceptors (Lipinski definition) is 3. The summed E-state index contributed by atoms with van der Waals surface area (Å²) < 4.78 is 0. The quantitative estimate of drug-likeness (QED) is 0.781. The lowest BCUT2D eigenvalue weighted by molar-refractivity contribution is 0.0573. The van der Waals surface area contributed by atoms with Crippen molar-refractivity contribution < 1.29 is 4.79 Å². The molecule has 1 aromatic rings. The van der Waals surface area contributed by atoms with Gasteiger partial charge < -0.3 is 10.6 Å². The number of benzene rings is 1. The third-order valence-electron chi connectivity index (χ3n) is 5.23. The van der Waals surface area contributed by atoms with Crippen molar-refractivity contribution in [3.63, 3.8) is 0 Å². The second-order valence-electron chi connectivity index (χ2n) is 7.37. The average Bonchev–Trinajstić information content (AvgIpc) is 2.59. The largest absolute Gasteiger partial charge is 0.334 e. The van der Waals surface area contributed by atoms with Gasteiger partial charge in [-0.2, -0.15) is 0 Å². The van der Waals surface area contributed by atoms with Crippen molar-refractivity contribution in [2.24, 2.45) is 11.7 Å². The first-order chi connectivity index (χ1) is 11.5. The molecule has 2 rings (SSSR count). The molecule has 1 aliphatic heterocycles. The first-order valence-electron chi connectivity index (χ1n) is 9.30. The fraction of sp³-hybridized carbons (Fsp3) is 0.650. The fourth-order valence-corrected chi connectivity index (χ4v) is 3.56. The monoisotopic (exact) mass is 403 g/mol. The molecule has 0 aliphatic carbocycles. The molecule has 1 aromatic carbocycles. The maximum absolute atomic E-state index is 12.8. The number of likely N-dealkylation sites (tertiary alicyclic amines) is 1. The third-order valence-corrected chi connectivity index (χ3v) is 5.23. The van der Waals surface area contributed by atoms with Crippen LogP contribution in [0.4, 0.5) is 0 Å². The number of carbonyl (C=O) groups is 1. The SMILES string of the molecule is CCN(Cc1ccc(C(=O)N2CCC(C)CC2CN)cc1)C(C)C.Cl.Cl. The highest BCUT2D eigenvalue weighted by molar-refractivity contribution is 5.94. The summed E-state index contributed by atoms with van der Waals surface area (Å²) in [5.41, 5.74) is 7.93. The van der Waals surface area contributed by atoms with Gasteiger partial charge in [0, 0.05) is 37.3 Å². The number of nitrogens with two attached hydrogens (primary N) is 1. The molecule has 4 nitrogen and oxygen atoms in total. The van der Waals surface area contributed by atoms with Gasteiger partial charge in [0.1, 0.15) is 0 Å². The summed E-state index contributed by atoms with van der Waals surface area (Å²) in [6.45, 7) is 12.2. The molecular formula is C20H35Cl2N3O. The van der Waals surface area contributed by atoms with E-state index in [0.29, 0.717) is 18.5 Å². The number of nitrogens with zero attached hydrogens (tertiary/aromatic N) is 2. The molecule has 1 fully saturated rings. The van der Waals surface area contributed by atoms with Gasteiger partial charge in [-0.25, -0.2) is 0 Å². The molecule has 1 aliphatic rings. The summed E-state index contributed by atoms with van der Waals surface area (Å²) >= 11 is 0. The Balaban J connectivity index is 0.00000312.